The summed E-state index contributed by atoms with van der Waals surface area (Å²) >= 11 is 0. The first kappa shape index (κ1) is 22.0. The Kier molecular flexibility index (Phi) is 9.22. The third-order valence-electron chi connectivity index (χ3n) is 3.90. The molecule has 0 fully saturated rings. The molecule has 0 saturated heterocycles. The predicted octanol–water partition coefficient (Wildman–Crippen LogP) is 3.35. The van der Waals surface area contributed by atoms with Gasteiger partial charge in [0.05, 0.1) is 26.8 Å². The van der Waals surface area contributed by atoms with Crippen LogP contribution in [-0.2, 0) is 0 Å². The molecule has 7 heteroatoms. The molecule has 1 unspecified atom stereocenters. The largest absolute Gasteiger partial charge is 0.493 e. The molecule has 26 heavy (non-hydrogen) atoms. The molecule has 1 atom stereocenters. The molecule has 0 aliphatic carbocycles. The van der Waals surface area contributed by atoms with E-state index in [1.807, 2.05) is 50.5 Å². The standard InChI is InChI=1S/C19H26N4O2.HI/c1-23(2)16(14-8-6-5-7-9-14)13-21-19(20)22-15-10-11-17(24-3)18(12-15)25-4;/h5-12,16H,13H2,1-4H3,(H3,20,21,22);1H. The number of halogens is 1. The molecule has 0 heterocycles. The number of aliphatic imine (C=N–C) groups is 1. The second kappa shape index (κ2) is 10.9. The van der Waals surface area contributed by atoms with Crippen molar-refractivity contribution in [2.45, 2.75) is 6.04 Å². The Hall–Kier alpha value is -2.00. The Bertz CT molecular complexity index is 708. The van der Waals surface area contributed by atoms with Crippen molar-refractivity contribution in [3.8, 4) is 11.5 Å². The van der Waals surface area contributed by atoms with Gasteiger partial charge in [0, 0.05) is 11.8 Å². The summed E-state index contributed by atoms with van der Waals surface area (Å²) in [7, 11) is 7.27. The van der Waals surface area contributed by atoms with E-state index in [2.05, 4.69) is 27.3 Å². The van der Waals surface area contributed by atoms with E-state index in [9.17, 15) is 0 Å². The molecule has 0 aliphatic heterocycles. The van der Waals surface area contributed by atoms with Gasteiger partial charge in [-0.05, 0) is 31.8 Å². The van der Waals surface area contributed by atoms with Crippen molar-refractivity contribution >= 4 is 35.6 Å². The van der Waals surface area contributed by atoms with E-state index in [-0.39, 0.29) is 30.0 Å². The Labute approximate surface area is 172 Å². The van der Waals surface area contributed by atoms with Gasteiger partial charge in [0.2, 0.25) is 0 Å². The summed E-state index contributed by atoms with van der Waals surface area (Å²) in [5.41, 5.74) is 8.04. The molecule has 0 amide bonds. The molecule has 142 valence electrons. The lowest BCUT2D eigenvalue weighted by molar-refractivity contribution is 0.306. The number of likely N-dealkylation sites (N-methyl/N-ethyl adjacent to an activating group) is 1. The molecule has 0 spiro atoms. The van der Waals surface area contributed by atoms with Gasteiger partial charge < -0.3 is 25.4 Å². The summed E-state index contributed by atoms with van der Waals surface area (Å²) in [6, 6.07) is 15.9. The van der Waals surface area contributed by atoms with E-state index in [1.165, 1.54) is 5.56 Å². The quantitative estimate of drug-likeness (QED) is 0.369. The first-order valence-corrected chi connectivity index (χ1v) is 8.05. The van der Waals surface area contributed by atoms with Gasteiger partial charge in [-0.1, -0.05) is 30.3 Å². The number of rotatable bonds is 7. The summed E-state index contributed by atoms with van der Waals surface area (Å²) in [5.74, 6) is 1.66. The van der Waals surface area contributed by atoms with Crippen LogP contribution in [0.3, 0.4) is 0 Å². The number of nitrogens with one attached hydrogen (secondary N) is 1. The fourth-order valence-corrected chi connectivity index (χ4v) is 2.53. The van der Waals surface area contributed by atoms with Crippen LogP contribution in [0.15, 0.2) is 53.5 Å². The third kappa shape index (κ3) is 6.06. The first-order chi connectivity index (χ1) is 12.0. The summed E-state index contributed by atoms with van der Waals surface area (Å²) in [4.78, 5) is 6.61. The molecule has 0 aliphatic rings. The summed E-state index contributed by atoms with van der Waals surface area (Å²) in [6.07, 6.45) is 0. The van der Waals surface area contributed by atoms with Crippen molar-refractivity contribution < 1.29 is 9.47 Å². The minimum Gasteiger partial charge on any atom is -0.493 e. The fourth-order valence-electron chi connectivity index (χ4n) is 2.53. The maximum Gasteiger partial charge on any atom is 0.193 e. The van der Waals surface area contributed by atoms with Crippen molar-refractivity contribution in [3.63, 3.8) is 0 Å². The first-order valence-electron chi connectivity index (χ1n) is 8.05. The number of benzene rings is 2. The van der Waals surface area contributed by atoms with Gasteiger partial charge in [0.15, 0.2) is 17.5 Å². The second-order valence-corrected chi connectivity index (χ2v) is 5.81. The Morgan fingerprint density at radius 2 is 1.73 bits per heavy atom. The Balaban J connectivity index is 0.00000338. The lowest BCUT2D eigenvalue weighted by atomic mass is 10.1. The lowest BCUT2D eigenvalue weighted by Crippen LogP contribution is -2.27. The minimum absolute atomic E-state index is 0. The van der Waals surface area contributed by atoms with E-state index in [1.54, 1.807) is 14.2 Å². The van der Waals surface area contributed by atoms with Crippen LogP contribution < -0.4 is 20.5 Å². The number of nitrogens with zero attached hydrogens (tertiary/aromatic N) is 2. The molecule has 2 aromatic carbocycles. The molecular weight excluding hydrogens is 443 g/mol. The highest BCUT2D eigenvalue weighted by Crippen LogP contribution is 2.29. The van der Waals surface area contributed by atoms with Crippen LogP contribution in [0.4, 0.5) is 5.69 Å². The average molecular weight is 470 g/mol. The SMILES string of the molecule is COc1ccc(NC(N)=NCC(c2ccccc2)N(C)C)cc1OC.I. The maximum absolute atomic E-state index is 6.04. The maximum atomic E-state index is 6.04. The Morgan fingerprint density at radius 3 is 2.31 bits per heavy atom. The van der Waals surface area contributed by atoms with Gasteiger partial charge in [0.1, 0.15) is 0 Å². The van der Waals surface area contributed by atoms with Gasteiger partial charge in [-0.25, -0.2) is 0 Å². The van der Waals surface area contributed by atoms with Crippen molar-refractivity contribution in [2.75, 3.05) is 40.2 Å². The molecule has 0 aromatic heterocycles. The van der Waals surface area contributed by atoms with Crippen molar-refractivity contribution in [3.05, 3.63) is 54.1 Å². The lowest BCUT2D eigenvalue weighted by Gasteiger charge is -2.23. The van der Waals surface area contributed by atoms with E-state index in [0.29, 0.717) is 24.0 Å². The molecule has 0 radical (unpaired) electrons. The highest BCUT2D eigenvalue weighted by molar-refractivity contribution is 14.0. The van der Waals surface area contributed by atoms with Gasteiger partial charge in [-0.15, -0.1) is 24.0 Å². The van der Waals surface area contributed by atoms with E-state index in [0.717, 1.165) is 5.69 Å². The summed E-state index contributed by atoms with van der Waals surface area (Å²) < 4.78 is 10.5. The number of nitrogens with two attached hydrogens (primary N) is 1. The van der Waals surface area contributed by atoms with Gasteiger partial charge >= 0.3 is 0 Å². The highest BCUT2D eigenvalue weighted by Gasteiger charge is 2.13. The number of methoxy groups -OCH3 is 2. The molecule has 0 saturated carbocycles. The second-order valence-electron chi connectivity index (χ2n) is 5.81. The average Bonchev–Trinajstić information content (AvgIpc) is 2.62. The van der Waals surface area contributed by atoms with Crippen LogP contribution in [0.2, 0.25) is 0 Å². The van der Waals surface area contributed by atoms with Crippen LogP contribution >= 0.6 is 24.0 Å². The number of anilines is 1. The Morgan fingerprint density at radius 1 is 1.08 bits per heavy atom. The smallest absolute Gasteiger partial charge is 0.193 e. The minimum atomic E-state index is 0. The zero-order chi connectivity index (χ0) is 18.2. The summed E-state index contributed by atoms with van der Waals surface area (Å²) in [6.45, 7) is 0.559. The zero-order valence-electron chi connectivity index (χ0n) is 15.6. The normalized spacial score (nSPS) is 12.3. The van der Waals surface area contributed by atoms with E-state index >= 15 is 0 Å². The van der Waals surface area contributed by atoms with Crippen molar-refractivity contribution in [2.24, 2.45) is 10.7 Å². The van der Waals surface area contributed by atoms with Crippen LogP contribution in [0.5, 0.6) is 11.5 Å². The van der Waals surface area contributed by atoms with E-state index in [4.69, 9.17) is 15.2 Å². The fraction of sp³-hybridized carbons (Fsp3) is 0.316. The highest BCUT2D eigenvalue weighted by atomic mass is 127. The van der Waals surface area contributed by atoms with Crippen molar-refractivity contribution in [1.29, 1.82) is 0 Å². The monoisotopic (exact) mass is 470 g/mol. The predicted molar refractivity (Wildman–Crippen MR) is 118 cm³/mol. The number of hydrogen-bond donors (Lipinski definition) is 2. The molecular formula is C19H27IN4O2. The molecule has 3 N–H and O–H groups in total. The molecule has 2 aromatic rings. The third-order valence-corrected chi connectivity index (χ3v) is 3.90. The molecule has 6 nitrogen and oxygen atoms in total. The van der Waals surface area contributed by atoms with Crippen LogP contribution in [-0.4, -0.2) is 45.7 Å². The number of ether oxygens (including phenoxy) is 2. The molecule has 0 bridgehead atoms. The number of hydrogen-bond acceptors (Lipinski definition) is 4. The zero-order valence-corrected chi connectivity index (χ0v) is 17.9. The van der Waals surface area contributed by atoms with Gasteiger partial charge in [0.25, 0.3) is 0 Å². The van der Waals surface area contributed by atoms with Crippen LogP contribution in [0.25, 0.3) is 0 Å². The van der Waals surface area contributed by atoms with Crippen LogP contribution in [0.1, 0.15) is 11.6 Å². The van der Waals surface area contributed by atoms with Gasteiger partial charge in [-0.3, -0.25) is 4.99 Å². The summed E-state index contributed by atoms with van der Waals surface area (Å²) in [5, 5.41) is 3.09. The molecule has 2 rings (SSSR count). The topological polar surface area (TPSA) is 72.1 Å². The van der Waals surface area contributed by atoms with Crippen molar-refractivity contribution in [1.82, 2.24) is 4.90 Å². The number of guanidine groups is 1. The van der Waals surface area contributed by atoms with Crippen LogP contribution in [0, 0.1) is 0 Å². The van der Waals surface area contributed by atoms with E-state index < -0.39 is 0 Å². The van der Waals surface area contributed by atoms with Gasteiger partial charge in [-0.2, -0.15) is 0 Å².